The molecule has 4 aliphatic heterocycles. The van der Waals surface area contributed by atoms with Crippen molar-refractivity contribution < 1.29 is 28.2 Å². The molecule has 5 aromatic rings. The van der Waals surface area contributed by atoms with Gasteiger partial charge in [-0.15, -0.1) is 5.10 Å². The molecule has 15 nitrogen and oxygen atoms in total. The fraction of sp³-hybridized carbons (Fsp3) is 0.409. The molecule has 1 aliphatic carbocycles. The normalized spacial score (nSPS) is 22.3. The molecule has 7 heterocycles. The number of piperidine rings is 1. The maximum atomic E-state index is 13.6. The third-order valence-corrected chi connectivity index (χ3v) is 13.0. The highest BCUT2D eigenvalue weighted by atomic mass is 35.5. The summed E-state index contributed by atoms with van der Waals surface area (Å²) in [4.78, 5) is 52.5. The second-order valence-corrected chi connectivity index (χ2v) is 17.0. The van der Waals surface area contributed by atoms with Gasteiger partial charge < -0.3 is 25.0 Å². The molecule has 3 N–H and O–H groups in total. The van der Waals surface area contributed by atoms with Crippen molar-refractivity contribution in [1.82, 2.24) is 35.1 Å². The van der Waals surface area contributed by atoms with Gasteiger partial charge in [-0.1, -0.05) is 29.8 Å². The first-order valence-electron chi connectivity index (χ1n) is 20.9. The van der Waals surface area contributed by atoms with Gasteiger partial charge in [0.15, 0.2) is 17.2 Å². The van der Waals surface area contributed by atoms with Crippen molar-refractivity contribution in [3.63, 3.8) is 0 Å². The van der Waals surface area contributed by atoms with E-state index < -0.39 is 24.2 Å². The monoisotopic (exact) mass is 848 g/mol. The van der Waals surface area contributed by atoms with Gasteiger partial charge in [-0.3, -0.25) is 29.7 Å². The number of benzene rings is 2. The summed E-state index contributed by atoms with van der Waals surface area (Å²) in [5.74, 6) is 0.686. The molecule has 4 amide bonds. The molecule has 3 aromatic heterocycles. The van der Waals surface area contributed by atoms with E-state index >= 15 is 0 Å². The van der Waals surface area contributed by atoms with Crippen molar-refractivity contribution >= 4 is 58.0 Å². The van der Waals surface area contributed by atoms with Crippen molar-refractivity contribution in [3.05, 3.63) is 88.8 Å². The van der Waals surface area contributed by atoms with Crippen LogP contribution >= 0.6 is 11.6 Å². The maximum Gasteiger partial charge on any atom is 0.328 e. The molecule has 2 aromatic carbocycles. The average Bonchev–Trinajstić information content (AvgIpc) is 3.59. The Hall–Kier alpha value is -5.84. The number of hydrogen-bond donors (Lipinski definition) is 3. The molecule has 3 saturated heterocycles. The number of nitrogens with zero attached hydrogens (tertiary/aromatic N) is 7. The highest BCUT2D eigenvalue weighted by Crippen LogP contribution is 2.41. The van der Waals surface area contributed by atoms with Crippen molar-refractivity contribution in [1.29, 1.82) is 0 Å². The minimum absolute atomic E-state index is 0.0654. The molecule has 1 spiro atoms. The van der Waals surface area contributed by atoms with Crippen LogP contribution in [-0.4, -0.2) is 106 Å². The molecule has 0 radical (unpaired) electrons. The molecular formula is C44H46ClFN10O5. The summed E-state index contributed by atoms with van der Waals surface area (Å²) >= 11 is 6.47. The lowest BCUT2D eigenvalue weighted by molar-refractivity contribution is -0.142. The predicted molar refractivity (Wildman–Crippen MR) is 227 cm³/mol. The van der Waals surface area contributed by atoms with Gasteiger partial charge in [-0.2, -0.15) is 0 Å². The molecule has 5 aliphatic rings. The van der Waals surface area contributed by atoms with Crippen LogP contribution in [0.15, 0.2) is 67.0 Å². The Morgan fingerprint density at radius 3 is 2.57 bits per heavy atom. The third-order valence-electron chi connectivity index (χ3n) is 12.6. The molecular weight excluding hydrogens is 803 g/mol. The van der Waals surface area contributed by atoms with Gasteiger partial charge >= 0.3 is 6.03 Å². The summed E-state index contributed by atoms with van der Waals surface area (Å²) in [7, 11) is 1.80. The molecule has 61 heavy (non-hydrogen) atoms. The summed E-state index contributed by atoms with van der Waals surface area (Å²) in [5, 5.41) is 13.6. The second kappa shape index (κ2) is 15.9. The number of ether oxygens (including phenoxy) is 2. The van der Waals surface area contributed by atoms with Gasteiger partial charge in [-0.05, 0) is 73.6 Å². The molecule has 17 heteroatoms. The van der Waals surface area contributed by atoms with E-state index in [1.54, 1.807) is 13.2 Å². The number of rotatable bonds is 10. The van der Waals surface area contributed by atoms with E-state index in [0.29, 0.717) is 54.0 Å². The van der Waals surface area contributed by atoms with E-state index in [9.17, 15) is 18.8 Å². The van der Waals surface area contributed by atoms with Crippen LogP contribution < -0.4 is 30.5 Å². The number of anilines is 4. The van der Waals surface area contributed by atoms with Crippen LogP contribution in [0.1, 0.15) is 60.1 Å². The quantitative estimate of drug-likeness (QED) is 0.150. The summed E-state index contributed by atoms with van der Waals surface area (Å²) < 4.78 is 28.1. The number of hydrogen-bond acceptors (Lipinski definition) is 11. The standard InChI is InChI=1S/C44H46ClFN10O5/c1-47-35-21-39(52-56-38(23-49-41(35)56)42(58)50-34-20-32(34)46)54-15-10-30-29(3-2-4-36(30)54)33-8-6-27(22-48-33)61-28-9-12-44(60-25-28)13-17-53(18-14-44)24-26-5-7-31(45)37(19-26)55-16-11-40(57)51-43(55)59/h2-8,19,21-23,28,32,34,47H,9-18,20,24-25H2,1H3,(H,50,58)(H,51,57,59)/t28?,32-,34?/m0/s1. The lowest BCUT2D eigenvalue weighted by Crippen LogP contribution is -2.50. The number of pyridine rings is 1. The van der Waals surface area contributed by atoms with Crippen LogP contribution in [0.4, 0.5) is 32.1 Å². The number of imide groups is 1. The lowest BCUT2D eigenvalue weighted by Gasteiger charge is -2.45. The van der Waals surface area contributed by atoms with Crippen LogP contribution in [0.25, 0.3) is 16.9 Å². The van der Waals surface area contributed by atoms with Crippen LogP contribution in [0, 0.1) is 0 Å². The Morgan fingerprint density at radius 1 is 1.00 bits per heavy atom. The van der Waals surface area contributed by atoms with E-state index in [2.05, 4.69) is 42.9 Å². The number of carbonyl (C=O) groups excluding carboxylic acids is 3. The summed E-state index contributed by atoms with van der Waals surface area (Å²) in [5.41, 5.74) is 7.06. The molecule has 4 fully saturated rings. The summed E-state index contributed by atoms with van der Waals surface area (Å²) in [6.45, 7) is 4.03. The van der Waals surface area contributed by atoms with Gasteiger partial charge in [0.25, 0.3) is 5.91 Å². The smallest absolute Gasteiger partial charge is 0.328 e. The van der Waals surface area contributed by atoms with E-state index in [4.69, 9.17) is 31.2 Å². The van der Waals surface area contributed by atoms with Gasteiger partial charge in [0.1, 0.15) is 18.0 Å². The second-order valence-electron chi connectivity index (χ2n) is 16.6. The molecule has 3 atom stereocenters. The number of alkyl halides is 1. The predicted octanol–water partition coefficient (Wildman–Crippen LogP) is 6.06. The van der Waals surface area contributed by atoms with Crippen LogP contribution in [0.5, 0.6) is 5.75 Å². The zero-order valence-corrected chi connectivity index (χ0v) is 34.5. The molecule has 2 unspecified atom stereocenters. The maximum absolute atomic E-state index is 13.6. The largest absolute Gasteiger partial charge is 0.486 e. The van der Waals surface area contributed by atoms with E-state index in [1.807, 2.05) is 42.5 Å². The van der Waals surface area contributed by atoms with E-state index in [-0.39, 0.29) is 29.7 Å². The number of nitrogens with one attached hydrogen (secondary N) is 3. The third kappa shape index (κ3) is 7.72. The van der Waals surface area contributed by atoms with Crippen molar-refractivity contribution in [2.75, 3.05) is 55.0 Å². The van der Waals surface area contributed by atoms with E-state index in [1.165, 1.54) is 15.6 Å². The Kier molecular flexibility index (Phi) is 10.2. The molecule has 316 valence electrons. The molecule has 0 bridgehead atoms. The zero-order chi connectivity index (χ0) is 41.8. The van der Waals surface area contributed by atoms with Crippen molar-refractivity contribution in [2.45, 2.75) is 75.4 Å². The van der Waals surface area contributed by atoms with E-state index in [0.717, 1.165) is 85.5 Å². The number of likely N-dealkylation sites (tertiary alicyclic amines) is 1. The first kappa shape index (κ1) is 39.3. The Bertz CT molecular complexity index is 2520. The fourth-order valence-electron chi connectivity index (χ4n) is 9.07. The number of halogens is 2. The highest BCUT2D eigenvalue weighted by Gasteiger charge is 2.41. The van der Waals surface area contributed by atoms with Gasteiger partial charge in [0, 0.05) is 69.9 Å². The Balaban J connectivity index is 0.751. The lowest BCUT2D eigenvalue weighted by atomic mass is 9.84. The van der Waals surface area contributed by atoms with Gasteiger partial charge in [0.2, 0.25) is 5.91 Å². The number of aromatic nitrogens is 4. The minimum atomic E-state index is -1.01. The number of carbonyl (C=O) groups is 3. The summed E-state index contributed by atoms with van der Waals surface area (Å²) in [6, 6.07) is 16.9. The first-order valence-corrected chi connectivity index (χ1v) is 21.3. The van der Waals surface area contributed by atoms with Crippen LogP contribution in [0.3, 0.4) is 0 Å². The van der Waals surface area contributed by atoms with Crippen molar-refractivity contribution in [2.24, 2.45) is 0 Å². The molecule has 1 saturated carbocycles. The Morgan fingerprint density at radius 2 is 1.84 bits per heavy atom. The number of amides is 4. The SMILES string of the molecule is CNc1cc(N2CCc3c(-c4ccc(OC5CCC6(CCN(Cc7ccc(Cl)c(N8CCC(=O)NC8=O)c7)CC6)OC5)cn4)cccc32)nn2c(C(=O)NC3C[C@@H]3F)cnc12. The number of fused-ring (bicyclic) bond motifs is 2. The van der Waals surface area contributed by atoms with Crippen LogP contribution in [0.2, 0.25) is 5.02 Å². The fourth-order valence-corrected chi connectivity index (χ4v) is 9.29. The van der Waals surface area contributed by atoms with Gasteiger partial charge in [-0.25, -0.2) is 18.7 Å². The average molecular weight is 849 g/mol. The van der Waals surface area contributed by atoms with Crippen molar-refractivity contribution in [3.8, 4) is 17.0 Å². The number of urea groups is 1. The summed E-state index contributed by atoms with van der Waals surface area (Å²) in [6.07, 6.45) is 7.21. The topological polar surface area (TPSA) is 159 Å². The first-order chi connectivity index (χ1) is 29.6. The van der Waals surface area contributed by atoms with Gasteiger partial charge in [0.05, 0.1) is 52.7 Å². The number of imidazole rings is 1. The molecule has 10 rings (SSSR count). The minimum Gasteiger partial charge on any atom is -0.486 e. The van der Waals surface area contributed by atoms with Crippen LogP contribution in [-0.2, 0) is 22.5 Å². The zero-order valence-electron chi connectivity index (χ0n) is 33.7. The highest BCUT2D eigenvalue weighted by molar-refractivity contribution is 6.34. The Labute approximate surface area is 356 Å².